The van der Waals surface area contributed by atoms with Crippen molar-refractivity contribution in [1.82, 2.24) is 5.32 Å². The molecular formula is C14H19F2NS. The second-order valence-corrected chi connectivity index (χ2v) is 6.68. The first-order valence-electron chi connectivity index (χ1n) is 6.30. The van der Waals surface area contributed by atoms with Gasteiger partial charge in [-0.1, -0.05) is 0 Å². The Morgan fingerprint density at radius 1 is 1.44 bits per heavy atom. The van der Waals surface area contributed by atoms with Gasteiger partial charge in [-0.25, -0.2) is 8.78 Å². The smallest absolute Gasteiger partial charge is 0.126 e. The van der Waals surface area contributed by atoms with Crippen molar-refractivity contribution in [2.45, 2.75) is 37.0 Å². The van der Waals surface area contributed by atoms with Crippen LogP contribution in [-0.2, 0) is 6.42 Å². The summed E-state index contributed by atoms with van der Waals surface area (Å²) in [6.07, 6.45) is 2.86. The third kappa shape index (κ3) is 2.86. The minimum absolute atomic E-state index is 0.119. The Kier molecular flexibility index (Phi) is 4.28. The maximum Gasteiger partial charge on any atom is 0.126 e. The minimum atomic E-state index is -0.370. The van der Waals surface area contributed by atoms with E-state index >= 15 is 0 Å². The highest BCUT2D eigenvalue weighted by atomic mass is 32.2. The molecule has 2 unspecified atom stereocenters. The monoisotopic (exact) mass is 271 g/mol. The van der Waals surface area contributed by atoms with Crippen molar-refractivity contribution in [1.29, 1.82) is 0 Å². The first-order chi connectivity index (χ1) is 8.55. The summed E-state index contributed by atoms with van der Waals surface area (Å²) in [6.45, 7) is 2.21. The summed E-state index contributed by atoms with van der Waals surface area (Å²) in [5, 5.41) is 3.27. The number of rotatable bonds is 4. The number of nitrogens with one attached hydrogen (secondary N) is 1. The number of hydrogen-bond acceptors (Lipinski definition) is 2. The van der Waals surface area contributed by atoms with Crippen molar-refractivity contribution in [3.05, 3.63) is 35.4 Å². The Labute approximate surface area is 111 Å². The molecule has 18 heavy (non-hydrogen) atoms. The fourth-order valence-electron chi connectivity index (χ4n) is 2.62. The van der Waals surface area contributed by atoms with Gasteiger partial charge in [0.05, 0.1) is 0 Å². The lowest BCUT2D eigenvalue weighted by atomic mass is 9.91. The lowest BCUT2D eigenvalue weighted by molar-refractivity contribution is 0.417. The molecule has 0 aliphatic carbocycles. The molecule has 2 atom stereocenters. The number of likely N-dealkylation sites (N-methyl/N-ethyl adjacent to an activating group) is 1. The van der Waals surface area contributed by atoms with Gasteiger partial charge in [0.25, 0.3) is 0 Å². The molecule has 4 heteroatoms. The third-order valence-corrected chi connectivity index (χ3v) is 5.41. The Bertz CT molecular complexity index is 416. The van der Waals surface area contributed by atoms with E-state index in [0.717, 1.165) is 12.2 Å². The standard InChI is InChI=1S/C14H19F2NS/c1-14(6-3-7-18-14)13(17-2)9-10-8-11(15)4-5-12(10)16/h4-5,8,13,17H,3,6-7,9H2,1-2H3. The zero-order valence-corrected chi connectivity index (χ0v) is 11.6. The molecule has 1 saturated heterocycles. The van der Waals surface area contributed by atoms with Gasteiger partial charge in [-0.2, -0.15) is 11.8 Å². The second kappa shape index (κ2) is 5.57. The molecule has 1 nitrogen and oxygen atoms in total. The molecule has 0 radical (unpaired) electrons. The number of halogens is 2. The van der Waals surface area contributed by atoms with E-state index < -0.39 is 0 Å². The van der Waals surface area contributed by atoms with Crippen LogP contribution in [-0.4, -0.2) is 23.6 Å². The molecule has 0 saturated carbocycles. The van der Waals surface area contributed by atoms with Crippen LogP contribution in [0.2, 0.25) is 0 Å². The molecule has 2 rings (SSSR count). The molecule has 0 bridgehead atoms. The van der Waals surface area contributed by atoms with Gasteiger partial charge < -0.3 is 5.32 Å². The van der Waals surface area contributed by atoms with Crippen LogP contribution in [0.5, 0.6) is 0 Å². The molecule has 0 aromatic heterocycles. The first kappa shape index (κ1) is 13.8. The van der Waals surface area contributed by atoms with Crippen molar-refractivity contribution in [3.8, 4) is 0 Å². The van der Waals surface area contributed by atoms with Gasteiger partial charge in [-0.05, 0) is 62.7 Å². The van der Waals surface area contributed by atoms with Crippen LogP contribution in [0.1, 0.15) is 25.3 Å². The van der Waals surface area contributed by atoms with E-state index in [1.54, 1.807) is 0 Å². The fourth-order valence-corrected chi connectivity index (χ4v) is 4.06. The quantitative estimate of drug-likeness (QED) is 0.901. The third-order valence-electron chi connectivity index (χ3n) is 3.77. The van der Waals surface area contributed by atoms with E-state index in [1.807, 2.05) is 18.8 Å². The average Bonchev–Trinajstić information content (AvgIpc) is 2.78. The lowest BCUT2D eigenvalue weighted by Crippen LogP contribution is -2.45. The normalized spacial score (nSPS) is 25.3. The van der Waals surface area contributed by atoms with Crippen LogP contribution in [0.25, 0.3) is 0 Å². The molecule has 1 N–H and O–H groups in total. The molecule has 1 fully saturated rings. The van der Waals surface area contributed by atoms with Crippen molar-refractivity contribution in [2.75, 3.05) is 12.8 Å². The molecule has 1 aromatic carbocycles. The molecule has 1 aromatic rings. The van der Waals surface area contributed by atoms with Crippen LogP contribution in [0.3, 0.4) is 0 Å². The topological polar surface area (TPSA) is 12.0 Å². The van der Waals surface area contributed by atoms with Gasteiger partial charge in [-0.3, -0.25) is 0 Å². The maximum atomic E-state index is 13.7. The van der Waals surface area contributed by atoms with E-state index in [1.165, 1.54) is 24.6 Å². The van der Waals surface area contributed by atoms with Crippen LogP contribution in [0.15, 0.2) is 18.2 Å². The summed E-state index contributed by atoms with van der Waals surface area (Å²) in [5.41, 5.74) is 0.461. The molecule has 1 aliphatic rings. The van der Waals surface area contributed by atoms with Gasteiger partial charge in [0, 0.05) is 10.8 Å². The number of thioether (sulfide) groups is 1. The Hall–Kier alpha value is -0.610. The van der Waals surface area contributed by atoms with Crippen LogP contribution in [0, 0.1) is 11.6 Å². The van der Waals surface area contributed by atoms with Crippen LogP contribution in [0.4, 0.5) is 8.78 Å². The van der Waals surface area contributed by atoms with E-state index in [0.29, 0.717) is 12.0 Å². The van der Waals surface area contributed by atoms with E-state index in [-0.39, 0.29) is 22.4 Å². The van der Waals surface area contributed by atoms with Crippen molar-refractivity contribution in [2.24, 2.45) is 0 Å². The van der Waals surface area contributed by atoms with E-state index in [2.05, 4.69) is 12.2 Å². The van der Waals surface area contributed by atoms with E-state index in [9.17, 15) is 8.78 Å². The van der Waals surface area contributed by atoms with Crippen molar-refractivity contribution >= 4 is 11.8 Å². The highest BCUT2D eigenvalue weighted by molar-refractivity contribution is 8.00. The Morgan fingerprint density at radius 3 is 2.83 bits per heavy atom. The minimum Gasteiger partial charge on any atom is -0.315 e. The molecular weight excluding hydrogens is 252 g/mol. The number of hydrogen-bond donors (Lipinski definition) is 1. The molecule has 0 spiro atoms. The second-order valence-electron chi connectivity index (χ2n) is 5.05. The Morgan fingerprint density at radius 2 is 2.22 bits per heavy atom. The summed E-state index contributed by atoms with van der Waals surface area (Å²) >= 11 is 1.93. The van der Waals surface area contributed by atoms with Crippen molar-refractivity contribution in [3.63, 3.8) is 0 Å². The lowest BCUT2D eigenvalue weighted by Gasteiger charge is -2.33. The van der Waals surface area contributed by atoms with Gasteiger partial charge >= 0.3 is 0 Å². The SMILES string of the molecule is CNC(Cc1cc(F)ccc1F)C1(C)CCCS1. The first-order valence-corrected chi connectivity index (χ1v) is 7.29. The summed E-state index contributed by atoms with van der Waals surface area (Å²) < 4.78 is 27.0. The predicted molar refractivity (Wildman–Crippen MR) is 73.0 cm³/mol. The Balaban J connectivity index is 2.17. The van der Waals surface area contributed by atoms with Crippen molar-refractivity contribution < 1.29 is 8.78 Å². The van der Waals surface area contributed by atoms with Crippen LogP contribution < -0.4 is 5.32 Å². The predicted octanol–water partition coefficient (Wildman–Crippen LogP) is 3.38. The highest BCUT2D eigenvalue weighted by Gasteiger charge is 2.37. The fraction of sp³-hybridized carbons (Fsp3) is 0.571. The zero-order chi connectivity index (χ0) is 13.2. The highest BCUT2D eigenvalue weighted by Crippen LogP contribution is 2.41. The summed E-state index contributed by atoms with van der Waals surface area (Å²) in [5.74, 6) is 0.467. The maximum absolute atomic E-state index is 13.7. The van der Waals surface area contributed by atoms with E-state index in [4.69, 9.17) is 0 Å². The molecule has 1 aliphatic heterocycles. The van der Waals surface area contributed by atoms with Crippen LogP contribution >= 0.6 is 11.8 Å². The molecule has 0 amide bonds. The summed E-state index contributed by atoms with van der Waals surface area (Å²) in [4.78, 5) is 0. The zero-order valence-electron chi connectivity index (χ0n) is 10.8. The largest absolute Gasteiger partial charge is 0.315 e. The summed E-state index contributed by atoms with van der Waals surface area (Å²) in [6, 6.07) is 3.85. The average molecular weight is 271 g/mol. The summed E-state index contributed by atoms with van der Waals surface area (Å²) in [7, 11) is 1.89. The number of benzene rings is 1. The van der Waals surface area contributed by atoms with Gasteiger partial charge in [0.2, 0.25) is 0 Å². The molecule has 100 valence electrons. The van der Waals surface area contributed by atoms with Gasteiger partial charge in [0.1, 0.15) is 11.6 Å². The van der Waals surface area contributed by atoms with Gasteiger partial charge in [0.15, 0.2) is 0 Å². The molecule has 1 heterocycles. The van der Waals surface area contributed by atoms with Gasteiger partial charge in [-0.15, -0.1) is 0 Å².